The van der Waals surface area contributed by atoms with Crippen molar-refractivity contribution in [2.24, 2.45) is 5.73 Å². The molecule has 0 fully saturated rings. The van der Waals surface area contributed by atoms with Crippen LogP contribution in [0.1, 0.15) is 20.8 Å². The summed E-state index contributed by atoms with van der Waals surface area (Å²) in [6.07, 6.45) is -0.903. The largest absolute Gasteiger partial charge is 0.391 e. The van der Waals surface area contributed by atoms with Crippen molar-refractivity contribution >= 4 is 11.7 Å². The van der Waals surface area contributed by atoms with E-state index in [4.69, 9.17) is 10.8 Å². The topological polar surface area (TPSA) is 92.4 Å². The van der Waals surface area contributed by atoms with Gasteiger partial charge in [0.25, 0.3) is 0 Å². The maximum Gasteiger partial charge on any atom is 0.237 e. The molecule has 0 rings (SSSR count). The third kappa shape index (κ3) is 4.00. The van der Waals surface area contributed by atoms with Crippen molar-refractivity contribution in [2.45, 2.75) is 39.0 Å². The quantitative estimate of drug-likeness (QED) is 0.516. The van der Waals surface area contributed by atoms with E-state index >= 15 is 0 Å². The fourth-order valence-corrected chi connectivity index (χ4v) is 0.847. The highest BCUT2D eigenvalue weighted by molar-refractivity contribution is 5.89. The van der Waals surface area contributed by atoms with Crippen molar-refractivity contribution in [2.75, 3.05) is 0 Å². The van der Waals surface area contributed by atoms with Crippen molar-refractivity contribution < 1.29 is 14.7 Å². The first-order valence-corrected chi connectivity index (χ1v) is 4.10. The molecule has 5 nitrogen and oxygen atoms in total. The minimum absolute atomic E-state index is 0.288. The van der Waals surface area contributed by atoms with Crippen LogP contribution in [0.5, 0.6) is 0 Å². The van der Waals surface area contributed by atoms with Crippen LogP contribution in [-0.4, -0.2) is 35.0 Å². The number of carbonyl (C=O) groups excluding carboxylic acids is 2. The molecule has 0 heterocycles. The molecule has 0 aromatic rings. The number of carbonyl (C=O) groups is 2. The van der Waals surface area contributed by atoms with Crippen molar-refractivity contribution in [3.8, 4) is 0 Å². The molecule has 0 spiro atoms. The van der Waals surface area contributed by atoms with Crippen LogP contribution in [0.4, 0.5) is 0 Å². The van der Waals surface area contributed by atoms with Crippen LogP contribution >= 0.6 is 0 Å². The Labute approximate surface area is 77.3 Å². The molecule has 0 aliphatic carbocycles. The second-order valence-electron chi connectivity index (χ2n) is 3.13. The van der Waals surface area contributed by atoms with E-state index in [1.165, 1.54) is 20.8 Å². The van der Waals surface area contributed by atoms with Crippen molar-refractivity contribution in [3.63, 3.8) is 0 Å². The van der Waals surface area contributed by atoms with Crippen LogP contribution < -0.4 is 11.1 Å². The minimum atomic E-state index is -0.903. The first kappa shape index (κ1) is 12.1. The molecule has 13 heavy (non-hydrogen) atoms. The lowest BCUT2D eigenvalue weighted by Gasteiger charge is -2.19. The summed E-state index contributed by atoms with van der Waals surface area (Å²) < 4.78 is 0. The van der Waals surface area contributed by atoms with E-state index in [-0.39, 0.29) is 5.78 Å². The molecular formula is C8H16N2O3. The van der Waals surface area contributed by atoms with Gasteiger partial charge in [-0.05, 0) is 20.8 Å². The molecule has 0 bridgehead atoms. The molecular weight excluding hydrogens is 172 g/mol. The molecule has 0 aliphatic rings. The van der Waals surface area contributed by atoms with Crippen LogP contribution in [-0.2, 0) is 9.59 Å². The van der Waals surface area contributed by atoms with Gasteiger partial charge in [-0.25, -0.2) is 0 Å². The fourth-order valence-electron chi connectivity index (χ4n) is 0.847. The average Bonchev–Trinajstić information content (AvgIpc) is 1.97. The number of nitrogens with one attached hydrogen (secondary N) is 1. The third-order valence-electron chi connectivity index (χ3n) is 1.63. The Kier molecular flexibility index (Phi) is 4.58. The lowest BCUT2D eigenvalue weighted by atomic mass is 10.1. The number of hydrogen-bond donors (Lipinski definition) is 3. The number of nitrogens with two attached hydrogens (primary N) is 1. The van der Waals surface area contributed by atoms with Gasteiger partial charge in [0.2, 0.25) is 5.91 Å². The summed E-state index contributed by atoms with van der Waals surface area (Å²) >= 11 is 0. The monoisotopic (exact) mass is 188 g/mol. The number of Topliss-reactive ketones (excluding diaryl/α,β-unsaturated/α-hetero) is 1. The van der Waals surface area contributed by atoms with Crippen LogP contribution in [0.25, 0.3) is 0 Å². The van der Waals surface area contributed by atoms with Crippen LogP contribution in [0.3, 0.4) is 0 Å². The Morgan fingerprint density at radius 1 is 1.38 bits per heavy atom. The van der Waals surface area contributed by atoms with E-state index < -0.39 is 24.1 Å². The van der Waals surface area contributed by atoms with E-state index in [0.717, 1.165) is 0 Å². The Morgan fingerprint density at radius 3 is 2.08 bits per heavy atom. The number of amides is 1. The first-order chi connectivity index (χ1) is 5.86. The molecule has 1 amide bonds. The molecule has 1 unspecified atom stereocenters. The van der Waals surface area contributed by atoms with E-state index in [9.17, 15) is 9.59 Å². The minimum Gasteiger partial charge on any atom is -0.391 e. The summed E-state index contributed by atoms with van der Waals surface area (Å²) in [6, 6.07) is -1.54. The smallest absolute Gasteiger partial charge is 0.237 e. The van der Waals surface area contributed by atoms with Crippen LogP contribution in [0.2, 0.25) is 0 Å². The standard InChI is InChI=1S/C8H16N2O3/c1-4(9)8(13)10-7(5(2)11)6(3)12/h4-5,7,11H,9H2,1-3H3,(H,10,13)/t4-,5?,7+/m1/s1. The summed E-state index contributed by atoms with van der Waals surface area (Å²) in [5.74, 6) is -0.731. The second-order valence-corrected chi connectivity index (χ2v) is 3.13. The highest BCUT2D eigenvalue weighted by Crippen LogP contribution is 1.94. The molecule has 0 radical (unpaired) electrons. The molecule has 5 heteroatoms. The van der Waals surface area contributed by atoms with E-state index in [1.54, 1.807) is 0 Å². The molecule has 76 valence electrons. The molecule has 4 N–H and O–H groups in total. The zero-order valence-corrected chi connectivity index (χ0v) is 8.07. The predicted molar refractivity (Wildman–Crippen MR) is 47.9 cm³/mol. The molecule has 0 aromatic carbocycles. The Bertz CT molecular complexity index is 202. The predicted octanol–water partition coefficient (Wildman–Crippen LogP) is -1.21. The fraction of sp³-hybridized carbons (Fsp3) is 0.750. The van der Waals surface area contributed by atoms with Gasteiger partial charge in [0.15, 0.2) is 5.78 Å². The summed E-state index contributed by atoms with van der Waals surface area (Å²) in [4.78, 5) is 22.0. The lowest BCUT2D eigenvalue weighted by Crippen LogP contribution is -2.51. The SMILES string of the molecule is CC(=O)[C@@H](NC(=O)[C@@H](C)N)C(C)O. The summed E-state index contributed by atoms with van der Waals surface area (Å²) in [7, 11) is 0. The normalized spacial score (nSPS) is 17.3. The summed E-state index contributed by atoms with van der Waals surface area (Å²) in [5, 5.41) is 11.5. The maximum absolute atomic E-state index is 11.1. The summed E-state index contributed by atoms with van der Waals surface area (Å²) in [6.45, 7) is 4.25. The number of ketones is 1. The molecule has 3 atom stereocenters. The molecule has 0 aliphatic heterocycles. The zero-order valence-electron chi connectivity index (χ0n) is 8.07. The van der Waals surface area contributed by atoms with Crippen molar-refractivity contribution in [1.82, 2.24) is 5.32 Å². The van der Waals surface area contributed by atoms with Gasteiger partial charge >= 0.3 is 0 Å². The van der Waals surface area contributed by atoms with Gasteiger partial charge in [0.1, 0.15) is 6.04 Å². The highest BCUT2D eigenvalue weighted by atomic mass is 16.3. The van der Waals surface area contributed by atoms with Gasteiger partial charge in [0, 0.05) is 0 Å². The van der Waals surface area contributed by atoms with Crippen LogP contribution in [0.15, 0.2) is 0 Å². The van der Waals surface area contributed by atoms with Crippen molar-refractivity contribution in [3.05, 3.63) is 0 Å². The van der Waals surface area contributed by atoms with Gasteiger partial charge in [-0.2, -0.15) is 0 Å². The van der Waals surface area contributed by atoms with E-state index in [1.807, 2.05) is 0 Å². The summed E-state index contributed by atoms with van der Waals surface area (Å²) in [5.41, 5.74) is 5.28. The average molecular weight is 188 g/mol. The molecule has 0 aromatic heterocycles. The van der Waals surface area contributed by atoms with Gasteiger partial charge < -0.3 is 16.2 Å². The number of aliphatic hydroxyl groups excluding tert-OH is 1. The number of rotatable bonds is 4. The third-order valence-corrected chi connectivity index (χ3v) is 1.63. The Morgan fingerprint density at radius 2 is 1.85 bits per heavy atom. The van der Waals surface area contributed by atoms with Gasteiger partial charge in [0.05, 0.1) is 12.1 Å². The van der Waals surface area contributed by atoms with E-state index in [2.05, 4.69) is 5.32 Å². The molecule has 0 saturated carbocycles. The Balaban J connectivity index is 4.27. The molecule has 0 saturated heterocycles. The Hall–Kier alpha value is -0.940. The number of hydrogen-bond acceptors (Lipinski definition) is 4. The van der Waals surface area contributed by atoms with E-state index in [0.29, 0.717) is 0 Å². The highest BCUT2D eigenvalue weighted by Gasteiger charge is 2.22. The van der Waals surface area contributed by atoms with Gasteiger partial charge in [-0.3, -0.25) is 9.59 Å². The lowest BCUT2D eigenvalue weighted by molar-refractivity contribution is -0.129. The maximum atomic E-state index is 11.1. The van der Waals surface area contributed by atoms with Gasteiger partial charge in [-0.15, -0.1) is 0 Å². The van der Waals surface area contributed by atoms with Gasteiger partial charge in [-0.1, -0.05) is 0 Å². The zero-order chi connectivity index (χ0) is 10.6. The second kappa shape index (κ2) is 4.94. The first-order valence-electron chi connectivity index (χ1n) is 4.10. The number of aliphatic hydroxyl groups is 1. The van der Waals surface area contributed by atoms with Crippen LogP contribution in [0, 0.1) is 0 Å². The van der Waals surface area contributed by atoms with Crippen molar-refractivity contribution in [1.29, 1.82) is 0 Å².